The van der Waals surface area contributed by atoms with E-state index < -0.39 is 24.4 Å². The Bertz CT molecular complexity index is 400. The zero-order valence-electron chi connectivity index (χ0n) is 7.18. The van der Waals surface area contributed by atoms with E-state index in [1.807, 2.05) is 0 Å². The molecular formula is C8H5ClF2INO2. The summed E-state index contributed by atoms with van der Waals surface area (Å²) < 4.78 is 25.1. The zero-order chi connectivity index (χ0) is 11.6. The van der Waals surface area contributed by atoms with Crippen molar-refractivity contribution in [2.75, 3.05) is 0 Å². The summed E-state index contributed by atoms with van der Waals surface area (Å²) in [7, 11) is 0. The molecule has 82 valence electrons. The molecule has 3 nitrogen and oxygen atoms in total. The average Bonchev–Trinajstić information content (AvgIpc) is 2.09. The summed E-state index contributed by atoms with van der Waals surface area (Å²) in [5.41, 5.74) is -0.309. The van der Waals surface area contributed by atoms with Gasteiger partial charge in [-0.05, 0) is 22.6 Å². The van der Waals surface area contributed by atoms with Crippen LogP contribution in [-0.4, -0.2) is 16.1 Å². The maximum absolute atomic E-state index is 12.5. The number of rotatable bonds is 3. The summed E-state index contributed by atoms with van der Waals surface area (Å²) in [6.07, 6.45) is -1.97. The second kappa shape index (κ2) is 5.02. The van der Waals surface area contributed by atoms with Crippen LogP contribution in [0.4, 0.5) is 8.78 Å². The number of carboxylic acid groups (broad SMARTS) is 1. The first kappa shape index (κ1) is 12.6. The largest absolute Gasteiger partial charge is 0.481 e. The molecule has 1 heterocycles. The smallest absolute Gasteiger partial charge is 0.307 e. The fourth-order valence-electron chi connectivity index (χ4n) is 0.996. The van der Waals surface area contributed by atoms with Gasteiger partial charge in [0.05, 0.1) is 17.0 Å². The van der Waals surface area contributed by atoms with Crippen molar-refractivity contribution < 1.29 is 18.7 Å². The minimum Gasteiger partial charge on any atom is -0.481 e. The summed E-state index contributed by atoms with van der Waals surface area (Å²) in [5, 5.41) is 8.30. The zero-order valence-corrected chi connectivity index (χ0v) is 10.1. The highest BCUT2D eigenvalue weighted by molar-refractivity contribution is 14.1. The van der Waals surface area contributed by atoms with Gasteiger partial charge in [-0.15, -0.1) is 0 Å². The maximum Gasteiger partial charge on any atom is 0.307 e. The van der Waals surface area contributed by atoms with Crippen molar-refractivity contribution >= 4 is 40.2 Å². The van der Waals surface area contributed by atoms with Crippen LogP contribution in [0.2, 0.25) is 5.02 Å². The van der Waals surface area contributed by atoms with E-state index in [1.54, 1.807) is 22.6 Å². The lowest BCUT2D eigenvalue weighted by molar-refractivity contribution is -0.136. The third-order valence-corrected chi connectivity index (χ3v) is 2.94. The van der Waals surface area contributed by atoms with Crippen LogP contribution in [0.15, 0.2) is 6.20 Å². The molecule has 7 heteroatoms. The first-order valence-electron chi connectivity index (χ1n) is 3.76. The van der Waals surface area contributed by atoms with Gasteiger partial charge < -0.3 is 5.11 Å². The molecule has 0 aliphatic carbocycles. The Morgan fingerprint density at radius 2 is 2.27 bits per heavy atom. The van der Waals surface area contributed by atoms with Gasteiger partial charge >= 0.3 is 5.97 Å². The Morgan fingerprint density at radius 3 is 2.73 bits per heavy atom. The molecule has 1 N–H and O–H groups in total. The molecule has 1 aromatic rings. The second-order valence-electron chi connectivity index (χ2n) is 2.67. The summed E-state index contributed by atoms with van der Waals surface area (Å²) in [5.74, 6) is -1.14. The van der Waals surface area contributed by atoms with Gasteiger partial charge in [0.1, 0.15) is 3.70 Å². The molecule has 0 radical (unpaired) electrons. The predicted octanol–water partition coefficient (Wildman–Crippen LogP) is 2.90. The number of alkyl halides is 2. The van der Waals surface area contributed by atoms with Crippen molar-refractivity contribution in [2.45, 2.75) is 12.8 Å². The van der Waals surface area contributed by atoms with Gasteiger partial charge in [0.25, 0.3) is 6.43 Å². The van der Waals surface area contributed by atoms with Crippen LogP contribution in [0.3, 0.4) is 0 Å². The van der Waals surface area contributed by atoms with E-state index in [1.165, 1.54) is 6.20 Å². The molecular weight excluding hydrogens is 342 g/mol. The van der Waals surface area contributed by atoms with Gasteiger partial charge in [-0.25, -0.2) is 13.8 Å². The number of carboxylic acids is 1. The monoisotopic (exact) mass is 347 g/mol. The highest BCUT2D eigenvalue weighted by atomic mass is 127. The van der Waals surface area contributed by atoms with E-state index in [0.29, 0.717) is 0 Å². The van der Waals surface area contributed by atoms with E-state index in [2.05, 4.69) is 4.98 Å². The van der Waals surface area contributed by atoms with Crippen LogP contribution in [0.25, 0.3) is 0 Å². The van der Waals surface area contributed by atoms with Gasteiger partial charge in [0.2, 0.25) is 0 Å². The SMILES string of the molecule is O=C(O)Cc1cnc(I)c(C(F)F)c1Cl. The molecule has 0 saturated heterocycles. The lowest BCUT2D eigenvalue weighted by Gasteiger charge is -2.08. The first-order chi connectivity index (χ1) is 6.93. The Morgan fingerprint density at radius 1 is 1.67 bits per heavy atom. The number of halogens is 4. The molecule has 0 aliphatic heterocycles. The molecule has 0 fully saturated rings. The molecule has 0 spiro atoms. The predicted molar refractivity (Wildman–Crippen MR) is 58.3 cm³/mol. The van der Waals surface area contributed by atoms with Gasteiger partial charge in [0.15, 0.2) is 0 Å². The highest BCUT2D eigenvalue weighted by Crippen LogP contribution is 2.32. The number of aromatic nitrogens is 1. The molecule has 0 atom stereocenters. The van der Waals surface area contributed by atoms with Crippen molar-refractivity contribution in [2.24, 2.45) is 0 Å². The molecule has 1 rings (SSSR count). The summed E-state index contributed by atoms with van der Waals surface area (Å²) in [6, 6.07) is 0. The summed E-state index contributed by atoms with van der Waals surface area (Å²) in [4.78, 5) is 14.1. The fraction of sp³-hybridized carbons (Fsp3) is 0.250. The topological polar surface area (TPSA) is 50.2 Å². The number of pyridine rings is 1. The van der Waals surface area contributed by atoms with Crippen molar-refractivity contribution in [3.05, 3.63) is 26.0 Å². The van der Waals surface area contributed by atoms with Crippen LogP contribution in [0, 0.1) is 3.70 Å². The second-order valence-corrected chi connectivity index (χ2v) is 4.07. The van der Waals surface area contributed by atoms with E-state index in [0.717, 1.165) is 0 Å². The van der Waals surface area contributed by atoms with Gasteiger partial charge in [-0.3, -0.25) is 4.79 Å². The van der Waals surface area contributed by atoms with Crippen molar-refractivity contribution in [3.8, 4) is 0 Å². The maximum atomic E-state index is 12.5. The summed E-state index contributed by atoms with van der Waals surface area (Å²) in [6.45, 7) is 0. The molecule has 0 unspecified atom stereocenters. The van der Waals surface area contributed by atoms with Gasteiger partial charge in [-0.1, -0.05) is 11.6 Å². The quantitative estimate of drug-likeness (QED) is 0.676. The normalized spacial score (nSPS) is 10.7. The lowest BCUT2D eigenvalue weighted by Crippen LogP contribution is -2.05. The third kappa shape index (κ3) is 2.97. The molecule has 0 aromatic carbocycles. The molecule has 0 amide bonds. The van der Waals surface area contributed by atoms with Crippen LogP contribution < -0.4 is 0 Å². The van der Waals surface area contributed by atoms with Gasteiger partial charge in [0, 0.05) is 11.8 Å². The van der Waals surface area contributed by atoms with Crippen LogP contribution in [-0.2, 0) is 11.2 Å². The first-order valence-corrected chi connectivity index (χ1v) is 5.22. The Kier molecular flexibility index (Phi) is 4.21. The van der Waals surface area contributed by atoms with Crippen molar-refractivity contribution in [1.82, 2.24) is 4.98 Å². The number of hydrogen-bond donors (Lipinski definition) is 1. The fourth-order valence-corrected chi connectivity index (χ4v) is 2.09. The minimum atomic E-state index is -2.76. The van der Waals surface area contributed by atoms with Crippen molar-refractivity contribution in [1.29, 1.82) is 0 Å². The molecule has 15 heavy (non-hydrogen) atoms. The third-order valence-electron chi connectivity index (χ3n) is 1.63. The Labute approximate surface area is 103 Å². The summed E-state index contributed by atoms with van der Waals surface area (Å²) >= 11 is 7.29. The lowest BCUT2D eigenvalue weighted by atomic mass is 10.1. The van der Waals surface area contributed by atoms with E-state index in [4.69, 9.17) is 16.7 Å². The van der Waals surface area contributed by atoms with Crippen LogP contribution >= 0.6 is 34.2 Å². The number of aliphatic carboxylic acids is 1. The average molecular weight is 347 g/mol. The van der Waals surface area contributed by atoms with E-state index in [9.17, 15) is 13.6 Å². The number of nitrogens with zero attached hydrogens (tertiary/aromatic N) is 1. The number of carbonyl (C=O) groups is 1. The Hall–Kier alpha value is -0.500. The molecule has 1 aromatic heterocycles. The van der Waals surface area contributed by atoms with E-state index in [-0.39, 0.29) is 14.3 Å². The number of hydrogen-bond acceptors (Lipinski definition) is 2. The van der Waals surface area contributed by atoms with Crippen LogP contribution in [0.1, 0.15) is 17.6 Å². The minimum absolute atomic E-state index is 0.0849. The van der Waals surface area contributed by atoms with Crippen molar-refractivity contribution in [3.63, 3.8) is 0 Å². The molecule has 0 saturated carbocycles. The molecule has 0 bridgehead atoms. The standard InChI is InChI=1S/C8H5ClF2INO2/c9-6-3(1-4(14)15)2-13-8(12)5(6)7(10)11/h2,7H,1H2,(H,14,15). The molecule has 0 aliphatic rings. The van der Waals surface area contributed by atoms with Gasteiger partial charge in [-0.2, -0.15) is 0 Å². The highest BCUT2D eigenvalue weighted by Gasteiger charge is 2.20. The van der Waals surface area contributed by atoms with E-state index >= 15 is 0 Å². The van der Waals surface area contributed by atoms with Crippen LogP contribution in [0.5, 0.6) is 0 Å². The Balaban J connectivity index is 3.22.